The average Bonchev–Trinajstić information content (AvgIpc) is 3.36. The van der Waals surface area contributed by atoms with E-state index in [1.54, 1.807) is 10.9 Å². The summed E-state index contributed by atoms with van der Waals surface area (Å²) in [5.41, 5.74) is 5.57. The summed E-state index contributed by atoms with van der Waals surface area (Å²) in [4.78, 5) is 12.9. The van der Waals surface area contributed by atoms with Gasteiger partial charge in [-0.3, -0.25) is 9.48 Å². The number of aromatic nitrogens is 4. The molecule has 1 N–H and O–H groups in total. The molecule has 0 atom stereocenters. The van der Waals surface area contributed by atoms with E-state index in [2.05, 4.69) is 27.6 Å². The Balaban J connectivity index is 1.51. The molecular weight excluding hydrogens is 362 g/mol. The van der Waals surface area contributed by atoms with Crippen LogP contribution in [0, 0.1) is 13.8 Å². The van der Waals surface area contributed by atoms with Crippen molar-refractivity contribution in [1.29, 1.82) is 0 Å². The van der Waals surface area contributed by atoms with Gasteiger partial charge < -0.3 is 5.32 Å². The number of benzene rings is 2. The lowest BCUT2D eigenvalue weighted by atomic mass is 10.1. The van der Waals surface area contributed by atoms with E-state index >= 15 is 0 Å². The van der Waals surface area contributed by atoms with Crippen molar-refractivity contribution in [3.8, 4) is 5.69 Å². The lowest BCUT2D eigenvalue weighted by Gasteiger charge is -2.11. The van der Waals surface area contributed by atoms with Gasteiger partial charge in [0.25, 0.3) is 5.91 Å². The Kier molecular flexibility index (Phi) is 5.24. The van der Waals surface area contributed by atoms with Crippen molar-refractivity contribution in [3.63, 3.8) is 0 Å². The maximum atomic E-state index is 12.9. The van der Waals surface area contributed by atoms with Crippen LogP contribution in [0.15, 0.2) is 73.1 Å². The summed E-state index contributed by atoms with van der Waals surface area (Å²) in [5, 5.41) is 12.0. The van der Waals surface area contributed by atoms with Crippen molar-refractivity contribution in [1.82, 2.24) is 24.9 Å². The molecule has 0 aliphatic carbocycles. The fourth-order valence-corrected chi connectivity index (χ4v) is 3.44. The Hall–Kier alpha value is -3.67. The molecule has 0 saturated heterocycles. The van der Waals surface area contributed by atoms with Crippen molar-refractivity contribution >= 4 is 5.91 Å². The number of rotatable bonds is 6. The molecule has 4 aromatic rings. The highest BCUT2D eigenvalue weighted by Gasteiger charge is 2.16. The van der Waals surface area contributed by atoms with Crippen molar-refractivity contribution in [2.75, 3.05) is 0 Å². The summed E-state index contributed by atoms with van der Waals surface area (Å²) in [7, 11) is 0. The number of carbonyl (C=O) groups is 1. The van der Waals surface area contributed by atoms with Crippen LogP contribution in [0.2, 0.25) is 0 Å². The molecule has 1 amide bonds. The van der Waals surface area contributed by atoms with E-state index in [4.69, 9.17) is 0 Å². The Morgan fingerprint density at radius 2 is 1.76 bits per heavy atom. The van der Waals surface area contributed by atoms with Crippen LogP contribution in [0.5, 0.6) is 0 Å². The van der Waals surface area contributed by atoms with E-state index in [1.165, 1.54) is 5.56 Å². The van der Waals surface area contributed by atoms with Crippen LogP contribution in [-0.2, 0) is 13.1 Å². The molecule has 0 bridgehead atoms. The first-order valence-electron chi connectivity index (χ1n) is 9.57. The number of nitrogens with zero attached hydrogens (tertiary/aromatic N) is 4. The van der Waals surface area contributed by atoms with Crippen LogP contribution in [0.4, 0.5) is 0 Å². The zero-order valence-electron chi connectivity index (χ0n) is 16.5. The van der Waals surface area contributed by atoms with Crippen molar-refractivity contribution in [3.05, 3.63) is 101 Å². The van der Waals surface area contributed by atoms with Gasteiger partial charge in [-0.1, -0.05) is 42.5 Å². The SMILES string of the molecule is Cc1nn(Cc2ccccc2)c(C)c1CNC(=O)c1ccccc1-n1cccn1. The molecule has 6 nitrogen and oxygen atoms in total. The van der Waals surface area contributed by atoms with Crippen LogP contribution in [0.1, 0.15) is 32.9 Å². The first kappa shape index (κ1) is 18.7. The third kappa shape index (κ3) is 3.96. The number of nitrogens with one attached hydrogen (secondary N) is 1. The van der Waals surface area contributed by atoms with Crippen molar-refractivity contribution in [2.45, 2.75) is 26.9 Å². The Bertz CT molecular complexity index is 1110. The minimum absolute atomic E-state index is 0.134. The van der Waals surface area contributed by atoms with Gasteiger partial charge in [0.15, 0.2) is 0 Å². The third-order valence-electron chi connectivity index (χ3n) is 5.03. The zero-order chi connectivity index (χ0) is 20.2. The Labute approximate surface area is 169 Å². The number of carbonyl (C=O) groups excluding carboxylic acids is 1. The molecule has 2 aromatic carbocycles. The largest absolute Gasteiger partial charge is 0.348 e. The highest BCUT2D eigenvalue weighted by Crippen LogP contribution is 2.17. The highest BCUT2D eigenvalue weighted by molar-refractivity contribution is 5.97. The van der Waals surface area contributed by atoms with Crippen LogP contribution >= 0.6 is 0 Å². The molecule has 0 unspecified atom stereocenters. The van der Waals surface area contributed by atoms with Gasteiger partial charge in [0.2, 0.25) is 0 Å². The summed E-state index contributed by atoms with van der Waals surface area (Å²) in [6.07, 6.45) is 3.52. The van der Waals surface area contributed by atoms with Gasteiger partial charge in [0.1, 0.15) is 0 Å². The maximum absolute atomic E-state index is 12.9. The fourth-order valence-electron chi connectivity index (χ4n) is 3.44. The van der Waals surface area contributed by atoms with Gasteiger partial charge in [-0.15, -0.1) is 0 Å². The molecule has 0 fully saturated rings. The van der Waals surface area contributed by atoms with E-state index in [0.29, 0.717) is 18.7 Å². The molecule has 0 radical (unpaired) electrons. The summed E-state index contributed by atoms with van der Waals surface area (Å²) in [6, 6.07) is 19.5. The Morgan fingerprint density at radius 1 is 1.00 bits per heavy atom. The van der Waals surface area contributed by atoms with Gasteiger partial charge in [0.05, 0.1) is 23.5 Å². The first-order valence-corrected chi connectivity index (χ1v) is 9.57. The lowest BCUT2D eigenvalue weighted by molar-refractivity contribution is 0.0950. The number of hydrogen-bond donors (Lipinski definition) is 1. The highest BCUT2D eigenvalue weighted by atomic mass is 16.1. The zero-order valence-corrected chi connectivity index (χ0v) is 16.5. The van der Waals surface area contributed by atoms with Crippen LogP contribution in [0.25, 0.3) is 5.69 Å². The predicted molar refractivity (Wildman–Crippen MR) is 112 cm³/mol. The monoisotopic (exact) mass is 385 g/mol. The molecule has 0 spiro atoms. The second-order valence-corrected chi connectivity index (χ2v) is 6.94. The Morgan fingerprint density at radius 3 is 2.52 bits per heavy atom. The molecule has 0 saturated carbocycles. The smallest absolute Gasteiger partial charge is 0.253 e. The van der Waals surface area contributed by atoms with Crippen LogP contribution in [-0.4, -0.2) is 25.5 Å². The fraction of sp³-hybridized carbons (Fsp3) is 0.174. The summed E-state index contributed by atoms with van der Waals surface area (Å²) in [6.45, 7) is 5.16. The summed E-state index contributed by atoms with van der Waals surface area (Å²) >= 11 is 0. The maximum Gasteiger partial charge on any atom is 0.253 e. The predicted octanol–water partition coefficient (Wildman–Crippen LogP) is 3.66. The molecule has 2 heterocycles. The lowest BCUT2D eigenvalue weighted by Crippen LogP contribution is -2.25. The van der Waals surface area contributed by atoms with E-state index in [0.717, 1.165) is 22.6 Å². The molecule has 2 aromatic heterocycles. The topological polar surface area (TPSA) is 64.7 Å². The summed E-state index contributed by atoms with van der Waals surface area (Å²) in [5.74, 6) is -0.134. The molecular formula is C23H23N5O. The van der Waals surface area contributed by atoms with E-state index in [-0.39, 0.29) is 5.91 Å². The number of hydrogen-bond acceptors (Lipinski definition) is 3. The van der Waals surface area contributed by atoms with Gasteiger partial charge >= 0.3 is 0 Å². The minimum Gasteiger partial charge on any atom is -0.348 e. The van der Waals surface area contributed by atoms with Crippen molar-refractivity contribution in [2.24, 2.45) is 0 Å². The molecule has 0 aliphatic rings. The van der Waals surface area contributed by atoms with Crippen LogP contribution < -0.4 is 5.32 Å². The number of amides is 1. The van der Waals surface area contributed by atoms with E-state index < -0.39 is 0 Å². The second kappa shape index (κ2) is 8.14. The average molecular weight is 385 g/mol. The third-order valence-corrected chi connectivity index (χ3v) is 5.03. The molecule has 4 rings (SSSR count). The normalized spacial score (nSPS) is 10.8. The van der Waals surface area contributed by atoms with Gasteiger partial charge in [-0.05, 0) is 37.6 Å². The number of para-hydroxylation sites is 1. The standard InChI is InChI=1S/C23H23N5O/c1-17-21(18(2)28(26-17)16-19-9-4-3-5-10-19)15-24-23(29)20-11-6-7-12-22(20)27-14-8-13-25-27/h3-14H,15-16H2,1-2H3,(H,24,29). The van der Waals surface area contributed by atoms with Gasteiger partial charge in [-0.25, -0.2) is 4.68 Å². The number of aryl methyl sites for hydroxylation is 1. The van der Waals surface area contributed by atoms with Gasteiger partial charge in [-0.2, -0.15) is 10.2 Å². The molecule has 6 heteroatoms. The van der Waals surface area contributed by atoms with Crippen LogP contribution in [0.3, 0.4) is 0 Å². The van der Waals surface area contributed by atoms with Crippen molar-refractivity contribution < 1.29 is 4.79 Å². The summed E-state index contributed by atoms with van der Waals surface area (Å²) < 4.78 is 3.69. The second-order valence-electron chi connectivity index (χ2n) is 6.94. The first-order chi connectivity index (χ1) is 14.1. The van der Waals surface area contributed by atoms with E-state index in [9.17, 15) is 4.79 Å². The van der Waals surface area contributed by atoms with Gasteiger partial charge in [0, 0.05) is 30.2 Å². The van der Waals surface area contributed by atoms with E-state index in [1.807, 2.05) is 73.3 Å². The quantitative estimate of drug-likeness (QED) is 0.551. The molecule has 29 heavy (non-hydrogen) atoms. The molecule has 0 aliphatic heterocycles. The molecule has 146 valence electrons. The minimum atomic E-state index is -0.134.